The summed E-state index contributed by atoms with van der Waals surface area (Å²) in [6.45, 7) is 1.51. The van der Waals surface area contributed by atoms with E-state index in [0.717, 1.165) is 47.1 Å². The molecular weight excluding hydrogens is 396 g/mol. The number of amides is 1. The van der Waals surface area contributed by atoms with Crippen molar-refractivity contribution in [3.05, 3.63) is 89.6 Å². The van der Waals surface area contributed by atoms with Crippen LogP contribution in [0.3, 0.4) is 0 Å². The first-order valence-electron chi connectivity index (χ1n) is 10.8. The zero-order valence-electron chi connectivity index (χ0n) is 17.9. The van der Waals surface area contributed by atoms with Crippen LogP contribution in [0.4, 0.5) is 0 Å². The molecule has 1 fully saturated rings. The van der Waals surface area contributed by atoms with Gasteiger partial charge < -0.3 is 10.2 Å². The lowest BCUT2D eigenvalue weighted by atomic mass is 10.00. The van der Waals surface area contributed by atoms with Crippen LogP contribution in [-0.4, -0.2) is 47.2 Å². The summed E-state index contributed by atoms with van der Waals surface area (Å²) in [6, 6.07) is 24.4. The van der Waals surface area contributed by atoms with E-state index in [0.29, 0.717) is 17.3 Å². The van der Waals surface area contributed by atoms with Crippen molar-refractivity contribution in [1.29, 1.82) is 0 Å². The van der Waals surface area contributed by atoms with Gasteiger partial charge in [-0.3, -0.25) is 9.89 Å². The minimum Gasteiger partial charge on any atom is -0.337 e. The molecule has 0 unspecified atom stereocenters. The first-order valence-corrected chi connectivity index (χ1v) is 10.8. The molecule has 5 rings (SSSR count). The molecule has 2 heterocycles. The Morgan fingerprint density at radius 3 is 2.69 bits per heavy atom. The molecule has 1 aliphatic heterocycles. The number of nitrogens with one attached hydrogen (secondary N) is 2. The number of carbonyl (C=O) groups is 1. The Morgan fingerprint density at radius 2 is 1.88 bits per heavy atom. The van der Waals surface area contributed by atoms with Gasteiger partial charge in [-0.25, -0.2) is 0 Å². The molecule has 1 saturated heterocycles. The van der Waals surface area contributed by atoms with E-state index in [1.807, 2.05) is 66.5 Å². The van der Waals surface area contributed by atoms with Crippen LogP contribution in [0, 0.1) is 11.8 Å². The Labute approximate surface area is 187 Å². The van der Waals surface area contributed by atoms with Crippen molar-refractivity contribution in [2.75, 3.05) is 20.1 Å². The van der Waals surface area contributed by atoms with Gasteiger partial charge in [0.05, 0.1) is 5.52 Å². The summed E-state index contributed by atoms with van der Waals surface area (Å²) in [7, 11) is 1.94. The fraction of sp³-hybridized carbons (Fsp3) is 0.185. The third-order valence-corrected chi connectivity index (χ3v) is 6.02. The number of H-pyrrole nitrogens is 1. The number of fused-ring (bicyclic) bond motifs is 1. The molecule has 1 amide bonds. The third kappa shape index (κ3) is 3.89. The van der Waals surface area contributed by atoms with Crippen LogP contribution in [0.25, 0.3) is 22.0 Å². The van der Waals surface area contributed by atoms with Crippen molar-refractivity contribution in [1.82, 2.24) is 20.4 Å². The van der Waals surface area contributed by atoms with E-state index in [2.05, 4.69) is 45.6 Å². The van der Waals surface area contributed by atoms with Gasteiger partial charge in [-0.15, -0.1) is 0 Å². The summed E-state index contributed by atoms with van der Waals surface area (Å²) in [4.78, 5) is 14.9. The second-order valence-electron chi connectivity index (χ2n) is 8.02. The minimum absolute atomic E-state index is 0.0548. The highest BCUT2D eigenvalue weighted by Gasteiger charge is 2.26. The van der Waals surface area contributed by atoms with Gasteiger partial charge in [0, 0.05) is 35.6 Å². The molecule has 3 aromatic carbocycles. The molecule has 0 saturated carbocycles. The first-order chi connectivity index (χ1) is 15.7. The van der Waals surface area contributed by atoms with E-state index in [-0.39, 0.29) is 5.91 Å². The number of rotatable bonds is 3. The van der Waals surface area contributed by atoms with Crippen molar-refractivity contribution >= 4 is 16.8 Å². The van der Waals surface area contributed by atoms with Gasteiger partial charge in [-0.2, -0.15) is 5.10 Å². The number of benzene rings is 3. The lowest BCUT2D eigenvalue weighted by Crippen LogP contribution is -2.33. The highest BCUT2D eigenvalue weighted by molar-refractivity contribution is 5.99. The molecule has 1 aliphatic rings. The molecule has 0 aliphatic carbocycles. The molecule has 2 N–H and O–H groups in total. The minimum atomic E-state index is 0.0548. The highest BCUT2D eigenvalue weighted by atomic mass is 16.2. The standard InChI is InChI=1S/C27H24N4O/c1-28-22-15-16-31(18-22)27(32)21-12-14-26-24(17-21)25(29-30-26)13-11-20-9-5-6-10-23(20)19-7-3-2-4-8-19/h2-10,12,14,17,22,28H,15-16,18H2,1H3,(H,29,30)/t22-/m1/s1. The van der Waals surface area contributed by atoms with Crippen molar-refractivity contribution in [3.63, 3.8) is 0 Å². The number of carbonyl (C=O) groups excluding carboxylic acids is 1. The van der Waals surface area contributed by atoms with E-state index >= 15 is 0 Å². The highest BCUT2D eigenvalue weighted by Crippen LogP contribution is 2.24. The van der Waals surface area contributed by atoms with Gasteiger partial charge in [0.1, 0.15) is 5.69 Å². The first kappa shape index (κ1) is 20.0. The number of hydrogen-bond acceptors (Lipinski definition) is 3. The van der Waals surface area contributed by atoms with Crippen LogP contribution in [-0.2, 0) is 0 Å². The number of nitrogens with zero attached hydrogens (tertiary/aromatic N) is 2. The topological polar surface area (TPSA) is 61.0 Å². The summed E-state index contributed by atoms with van der Waals surface area (Å²) in [5.74, 6) is 6.56. The van der Waals surface area contributed by atoms with E-state index in [1.54, 1.807) is 0 Å². The van der Waals surface area contributed by atoms with E-state index < -0.39 is 0 Å². The fourth-order valence-electron chi connectivity index (χ4n) is 4.19. The maximum absolute atomic E-state index is 13.0. The van der Waals surface area contributed by atoms with E-state index in [4.69, 9.17) is 0 Å². The van der Waals surface area contributed by atoms with Crippen LogP contribution in [0.2, 0.25) is 0 Å². The largest absolute Gasteiger partial charge is 0.337 e. The smallest absolute Gasteiger partial charge is 0.253 e. The van der Waals surface area contributed by atoms with Crippen LogP contribution < -0.4 is 5.32 Å². The molecule has 0 bridgehead atoms. The molecule has 0 spiro atoms. The van der Waals surface area contributed by atoms with Crippen molar-refractivity contribution < 1.29 is 4.79 Å². The Balaban J connectivity index is 1.47. The maximum Gasteiger partial charge on any atom is 0.253 e. The summed E-state index contributed by atoms with van der Waals surface area (Å²) in [5, 5.41) is 11.6. The monoisotopic (exact) mass is 420 g/mol. The average molecular weight is 421 g/mol. The molecule has 1 atom stereocenters. The molecule has 1 aromatic heterocycles. The molecule has 4 aromatic rings. The van der Waals surface area contributed by atoms with Crippen LogP contribution in [0.15, 0.2) is 72.8 Å². The number of aromatic amines is 1. The van der Waals surface area contributed by atoms with Crippen molar-refractivity contribution in [2.45, 2.75) is 12.5 Å². The fourth-order valence-corrected chi connectivity index (χ4v) is 4.19. The lowest BCUT2D eigenvalue weighted by Gasteiger charge is -2.16. The predicted molar refractivity (Wildman–Crippen MR) is 127 cm³/mol. The average Bonchev–Trinajstić information content (AvgIpc) is 3.50. The zero-order valence-corrected chi connectivity index (χ0v) is 17.9. The summed E-state index contributed by atoms with van der Waals surface area (Å²) in [6.07, 6.45) is 0.980. The van der Waals surface area contributed by atoms with Gasteiger partial charge in [0.2, 0.25) is 0 Å². The Bertz CT molecular complexity index is 1330. The van der Waals surface area contributed by atoms with Crippen LogP contribution in [0.5, 0.6) is 0 Å². The predicted octanol–water partition coefficient (Wildman–Crippen LogP) is 4.06. The SMILES string of the molecule is CN[C@@H]1CCN(C(=O)c2ccc3[nH]nc(C#Cc4ccccc4-c4ccccc4)c3c2)C1. The second kappa shape index (κ2) is 8.70. The lowest BCUT2D eigenvalue weighted by molar-refractivity contribution is 0.0790. The second-order valence-corrected chi connectivity index (χ2v) is 8.02. The third-order valence-electron chi connectivity index (χ3n) is 6.02. The van der Waals surface area contributed by atoms with Gasteiger partial charge >= 0.3 is 0 Å². The molecular formula is C27H24N4O. The van der Waals surface area contributed by atoms with Crippen molar-refractivity contribution in [2.24, 2.45) is 0 Å². The molecule has 32 heavy (non-hydrogen) atoms. The number of hydrogen-bond donors (Lipinski definition) is 2. The summed E-state index contributed by atoms with van der Waals surface area (Å²) >= 11 is 0. The molecule has 5 nitrogen and oxygen atoms in total. The van der Waals surface area contributed by atoms with Gasteiger partial charge in [0.15, 0.2) is 0 Å². The quantitative estimate of drug-likeness (QED) is 0.492. The molecule has 5 heteroatoms. The van der Waals surface area contributed by atoms with Crippen molar-refractivity contribution in [3.8, 4) is 23.0 Å². The Kier molecular flexibility index (Phi) is 5.45. The number of likely N-dealkylation sites (N-methyl/N-ethyl adjacent to an activating group) is 1. The molecule has 0 radical (unpaired) electrons. The van der Waals surface area contributed by atoms with E-state index in [9.17, 15) is 4.79 Å². The van der Waals surface area contributed by atoms with E-state index in [1.165, 1.54) is 0 Å². The van der Waals surface area contributed by atoms with Crippen LogP contribution >= 0.6 is 0 Å². The maximum atomic E-state index is 13.0. The molecule has 158 valence electrons. The zero-order chi connectivity index (χ0) is 21.9. The Morgan fingerprint density at radius 1 is 1.06 bits per heavy atom. The van der Waals surface area contributed by atoms with Crippen LogP contribution in [0.1, 0.15) is 28.0 Å². The Hall–Kier alpha value is -3.88. The number of likely N-dealkylation sites (tertiary alicyclic amines) is 1. The normalized spacial score (nSPS) is 15.5. The van der Waals surface area contributed by atoms with Gasteiger partial charge in [-0.05, 0) is 54.8 Å². The van der Waals surface area contributed by atoms with Gasteiger partial charge in [-0.1, -0.05) is 54.5 Å². The summed E-state index contributed by atoms with van der Waals surface area (Å²) < 4.78 is 0. The summed E-state index contributed by atoms with van der Waals surface area (Å²) in [5.41, 5.74) is 5.34. The van der Waals surface area contributed by atoms with Gasteiger partial charge in [0.25, 0.3) is 5.91 Å². The number of aromatic nitrogens is 2.